The predicted molar refractivity (Wildman–Crippen MR) is 112 cm³/mol. The van der Waals surface area contributed by atoms with Crippen molar-refractivity contribution in [2.75, 3.05) is 31.1 Å². The fraction of sp³-hybridized carbons (Fsp3) is 0.348. The molecule has 2 amide bonds. The van der Waals surface area contributed by atoms with Gasteiger partial charge in [0, 0.05) is 32.7 Å². The number of carbonyl (C=O) groups is 3. The Balaban J connectivity index is 1.40. The minimum atomic E-state index is -1.09. The summed E-state index contributed by atoms with van der Waals surface area (Å²) in [5, 5.41) is 9.18. The maximum atomic E-state index is 13.0. The van der Waals surface area contributed by atoms with E-state index in [1.165, 1.54) is 23.3 Å². The maximum absolute atomic E-state index is 13.0. The van der Waals surface area contributed by atoms with Gasteiger partial charge in [-0.3, -0.25) is 19.4 Å². The number of aromatic carboxylic acids is 1. The number of amides is 2. The zero-order valence-corrected chi connectivity index (χ0v) is 17.0. The van der Waals surface area contributed by atoms with Crippen LogP contribution in [0.5, 0.6) is 0 Å². The van der Waals surface area contributed by atoms with E-state index in [1.54, 1.807) is 12.1 Å². The number of carboxylic acid groups (broad SMARTS) is 1. The van der Waals surface area contributed by atoms with E-state index in [0.717, 1.165) is 37.6 Å². The summed E-state index contributed by atoms with van der Waals surface area (Å²) in [6.45, 7) is 6.07. The number of hydrogen-bond donors (Lipinski definition) is 1. The Labute approximate surface area is 175 Å². The highest BCUT2D eigenvalue weighted by molar-refractivity contribution is 6.22. The highest BCUT2D eigenvalue weighted by atomic mass is 16.4. The first-order chi connectivity index (χ1) is 14.4. The molecule has 2 aromatic rings. The van der Waals surface area contributed by atoms with Crippen LogP contribution in [0.3, 0.4) is 0 Å². The van der Waals surface area contributed by atoms with E-state index in [1.807, 2.05) is 0 Å². The van der Waals surface area contributed by atoms with E-state index >= 15 is 0 Å². The number of rotatable bonds is 5. The van der Waals surface area contributed by atoms with Crippen molar-refractivity contribution >= 4 is 23.5 Å². The van der Waals surface area contributed by atoms with Crippen LogP contribution in [-0.2, 0) is 16.1 Å². The smallest absolute Gasteiger partial charge is 0.335 e. The van der Waals surface area contributed by atoms with Gasteiger partial charge in [0.25, 0.3) is 5.91 Å². The third-order valence-corrected chi connectivity index (χ3v) is 5.81. The van der Waals surface area contributed by atoms with Crippen molar-refractivity contribution in [3.05, 3.63) is 65.2 Å². The van der Waals surface area contributed by atoms with Crippen molar-refractivity contribution in [1.82, 2.24) is 9.80 Å². The normalized spacial score (nSPS) is 20.7. The first-order valence-electron chi connectivity index (χ1n) is 10.1. The molecule has 0 radical (unpaired) electrons. The van der Waals surface area contributed by atoms with E-state index < -0.39 is 12.0 Å². The number of anilines is 1. The lowest BCUT2D eigenvalue weighted by Crippen LogP contribution is -2.52. The molecular formula is C23H25N3O4. The van der Waals surface area contributed by atoms with Crippen LogP contribution >= 0.6 is 0 Å². The zero-order valence-electron chi connectivity index (χ0n) is 17.0. The monoisotopic (exact) mass is 407 g/mol. The van der Waals surface area contributed by atoms with Gasteiger partial charge in [-0.2, -0.15) is 0 Å². The van der Waals surface area contributed by atoms with Gasteiger partial charge in [0.2, 0.25) is 5.91 Å². The number of aryl methyl sites for hydroxylation is 1. The Morgan fingerprint density at radius 2 is 1.77 bits per heavy atom. The first-order valence-corrected chi connectivity index (χ1v) is 10.1. The summed E-state index contributed by atoms with van der Waals surface area (Å²) < 4.78 is 0. The summed E-state index contributed by atoms with van der Waals surface area (Å²) in [7, 11) is 0. The molecular weight excluding hydrogens is 382 g/mol. The number of benzene rings is 2. The quantitative estimate of drug-likeness (QED) is 0.765. The number of piperazine rings is 1. The van der Waals surface area contributed by atoms with Crippen molar-refractivity contribution < 1.29 is 19.5 Å². The molecule has 1 atom stereocenters. The van der Waals surface area contributed by atoms with E-state index in [0.29, 0.717) is 5.69 Å². The van der Waals surface area contributed by atoms with Crippen LogP contribution in [0.15, 0.2) is 48.5 Å². The van der Waals surface area contributed by atoms with Crippen LogP contribution in [0.2, 0.25) is 0 Å². The molecule has 0 aliphatic carbocycles. The summed E-state index contributed by atoms with van der Waals surface area (Å²) in [4.78, 5) is 42.4. The Bertz CT molecular complexity index is 982. The largest absolute Gasteiger partial charge is 0.478 e. The summed E-state index contributed by atoms with van der Waals surface area (Å²) in [5.74, 6) is -1.64. The summed E-state index contributed by atoms with van der Waals surface area (Å²) >= 11 is 0. The van der Waals surface area contributed by atoms with Crippen LogP contribution in [0.1, 0.15) is 27.9 Å². The van der Waals surface area contributed by atoms with Gasteiger partial charge in [-0.1, -0.05) is 35.9 Å². The molecule has 4 rings (SSSR count). The predicted octanol–water partition coefficient (Wildman–Crippen LogP) is 2.14. The molecule has 7 nitrogen and oxygen atoms in total. The standard InChI is InChI=1S/C23H25N3O4/c1-16-4-2-5-17(12-16)15-24-8-10-25(11-9-24)20-14-21(27)26(22(20)28)19-7-3-6-18(13-19)23(29)30/h2-7,12-13,20H,8-11,14-15H2,1H3,(H,29,30). The average molecular weight is 407 g/mol. The number of imide groups is 1. The molecule has 2 saturated heterocycles. The van der Waals surface area contributed by atoms with Crippen LogP contribution in [0.4, 0.5) is 5.69 Å². The molecule has 2 heterocycles. The zero-order chi connectivity index (χ0) is 21.3. The van der Waals surface area contributed by atoms with Crippen molar-refractivity contribution in [1.29, 1.82) is 0 Å². The summed E-state index contributed by atoms with van der Waals surface area (Å²) in [6, 6.07) is 14.0. The highest BCUT2D eigenvalue weighted by Gasteiger charge is 2.43. The molecule has 0 bridgehead atoms. The molecule has 2 aliphatic rings. The van der Waals surface area contributed by atoms with Gasteiger partial charge < -0.3 is 5.11 Å². The van der Waals surface area contributed by atoms with Crippen molar-refractivity contribution in [3.63, 3.8) is 0 Å². The molecule has 0 spiro atoms. The molecule has 2 aliphatic heterocycles. The number of carbonyl (C=O) groups excluding carboxylic acids is 2. The van der Waals surface area contributed by atoms with Crippen LogP contribution in [0, 0.1) is 6.92 Å². The Morgan fingerprint density at radius 1 is 1.03 bits per heavy atom. The van der Waals surface area contributed by atoms with Crippen LogP contribution in [-0.4, -0.2) is 64.9 Å². The molecule has 2 fully saturated rings. The van der Waals surface area contributed by atoms with Crippen molar-refractivity contribution in [2.45, 2.75) is 25.9 Å². The van der Waals surface area contributed by atoms with Crippen LogP contribution in [0.25, 0.3) is 0 Å². The topological polar surface area (TPSA) is 81.2 Å². The van der Waals surface area contributed by atoms with Gasteiger partial charge in [-0.05, 0) is 30.7 Å². The van der Waals surface area contributed by atoms with E-state index in [2.05, 4.69) is 41.0 Å². The SMILES string of the molecule is Cc1cccc(CN2CCN(C3CC(=O)N(c4cccc(C(=O)O)c4)C3=O)CC2)c1. The molecule has 0 saturated carbocycles. The molecule has 156 valence electrons. The fourth-order valence-electron chi connectivity index (χ4n) is 4.25. The Hall–Kier alpha value is -3.03. The highest BCUT2D eigenvalue weighted by Crippen LogP contribution is 2.27. The Morgan fingerprint density at radius 3 is 2.47 bits per heavy atom. The number of nitrogens with zero attached hydrogens (tertiary/aromatic N) is 3. The van der Waals surface area contributed by atoms with Gasteiger partial charge in [0.05, 0.1) is 23.7 Å². The second-order valence-electron chi connectivity index (χ2n) is 7.94. The molecule has 30 heavy (non-hydrogen) atoms. The molecule has 7 heteroatoms. The third kappa shape index (κ3) is 4.13. The summed E-state index contributed by atoms with van der Waals surface area (Å²) in [6.07, 6.45) is 0.133. The minimum absolute atomic E-state index is 0.0568. The lowest BCUT2D eigenvalue weighted by atomic mass is 10.1. The number of carboxylic acids is 1. The van der Waals surface area contributed by atoms with Gasteiger partial charge in [-0.25, -0.2) is 9.69 Å². The molecule has 0 aromatic heterocycles. The van der Waals surface area contributed by atoms with Gasteiger partial charge in [0.1, 0.15) is 0 Å². The van der Waals surface area contributed by atoms with E-state index in [9.17, 15) is 19.5 Å². The first kappa shape index (κ1) is 20.3. The second-order valence-corrected chi connectivity index (χ2v) is 7.94. The van der Waals surface area contributed by atoms with Crippen molar-refractivity contribution in [2.24, 2.45) is 0 Å². The van der Waals surface area contributed by atoms with Crippen LogP contribution < -0.4 is 4.90 Å². The maximum Gasteiger partial charge on any atom is 0.335 e. The minimum Gasteiger partial charge on any atom is -0.478 e. The molecule has 1 unspecified atom stereocenters. The van der Waals surface area contributed by atoms with Gasteiger partial charge >= 0.3 is 5.97 Å². The fourth-order valence-corrected chi connectivity index (χ4v) is 4.25. The molecule has 1 N–H and O–H groups in total. The van der Waals surface area contributed by atoms with E-state index in [4.69, 9.17) is 0 Å². The lowest BCUT2D eigenvalue weighted by molar-refractivity contribution is -0.123. The second kappa shape index (κ2) is 8.38. The van der Waals surface area contributed by atoms with Gasteiger partial charge in [0.15, 0.2) is 0 Å². The average Bonchev–Trinajstić information content (AvgIpc) is 3.03. The van der Waals surface area contributed by atoms with Crippen molar-refractivity contribution in [3.8, 4) is 0 Å². The van der Waals surface area contributed by atoms with Gasteiger partial charge in [-0.15, -0.1) is 0 Å². The Kier molecular flexibility index (Phi) is 5.65. The lowest BCUT2D eigenvalue weighted by Gasteiger charge is -2.37. The third-order valence-electron chi connectivity index (χ3n) is 5.81. The summed E-state index contributed by atoms with van der Waals surface area (Å²) in [5.41, 5.74) is 2.90. The van der Waals surface area contributed by atoms with E-state index in [-0.39, 0.29) is 23.8 Å². The molecule has 2 aromatic carbocycles. The number of hydrogen-bond acceptors (Lipinski definition) is 5.